The van der Waals surface area contributed by atoms with Crippen LogP contribution in [0.3, 0.4) is 0 Å². The lowest BCUT2D eigenvalue weighted by atomic mass is 9.91. The zero-order chi connectivity index (χ0) is 13.0. The molecule has 0 spiro atoms. The highest BCUT2D eigenvalue weighted by molar-refractivity contribution is 5.43. The van der Waals surface area contributed by atoms with Crippen molar-refractivity contribution in [2.24, 2.45) is 10.9 Å². The third kappa shape index (κ3) is 2.62. The van der Waals surface area contributed by atoms with Crippen molar-refractivity contribution in [1.82, 2.24) is 0 Å². The maximum absolute atomic E-state index is 10.7. The molecule has 3 heteroatoms. The first-order valence-corrected chi connectivity index (χ1v) is 6.47. The van der Waals surface area contributed by atoms with E-state index in [1.54, 1.807) is 13.2 Å². The fraction of sp³-hybridized carbons (Fsp3) is 0.533. The molecule has 1 atom stereocenters. The minimum Gasteiger partial charge on any atom is -0.496 e. The van der Waals surface area contributed by atoms with E-state index in [0.29, 0.717) is 5.92 Å². The molecular formula is C15H19NO2. The average molecular weight is 245 g/mol. The predicted molar refractivity (Wildman–Crippen MR) is 70.6 cm³/mol. The van der Waals surface area contributed by atoms with E-state index in [0.717, 1.165) is 29.7 Å². The normalized spacial score (nSPS) is 17.2. The molecule has 2 rings (SSSR count). The zero-order valence-corrected chi connectivity index (χ0v) is 11.0. The number of hydrogen-bond donors (Lipinski definition) is 0. The van der Waals surface area contributed by atoms with E-state index in [9.17, 15) is 4.79 Å². The Morgan fingerprint density at radius 1 is 1.39 bits per heavy atom. The van der Waals surface area contributed by atoms with Gasteiger partial charge in [-0.3, -0.25) is 0 Å². The monoisotopic (exact) mass is 245 g/mol. The van der Waals surface area contributed by atoms with Crippen molar-refractivity contribution in [3.63, 3.8) is 0 Å². The summed E-state index contributed by atoms with van der Waals surface area (Å²) in [6, 6.07) is 5.94. The highest BCUT2D eigenvalue weighted by Gasteiger charge is 2.28. The van der Waals surface area contributed by atoms with E-state index in [2.05, 4.69) is 11.1 Å². The van der Waals surface area contributed by atoms with Gasteiger partial charge in [0.1, 0.15) is 5.75 Å². The molecule has 0 heterocycles. The van der Waals surface area contributed by atoms with Gasteiger partial charge in [0, 0.05) is 5.56 Å². The van der Waals surface area contributed by atoms with Gasteiger partial charge in [0.25, 0.3) is 0 Å². The van der Waals surface area contributed by atoms with Crippen molar-refractivity contribution in [2.75, 3.05) is 7.11 Å². The fourth-order valence-corrected chi connectivity index (χ4v) is 2.84. The van der Waals surface area contributed by atoms with Crippen LogP contribution in [0.25, 0.3) is 0 Å². The molecule has 0 amide bonds. The van der Waals surface area contributed by atoms with Gasteiger partial charge in [-0.05, 0) is 31.7 Å². The quantitative estimate of drug-likeness (QED) is 0.601. The largest absolute Gasteiger partial charge is 0.496 e. The van der Waals surface area contributed by atoms with Gasteiger partial charge in [-0.2, -0.15) is 4.99 Å². The molecule has 0 N–H and O–H groups in total. The van der Waals surface area contributed by atoms with Crippen molar-refractivity contribution in [3.8, 4) is 5.75 Å². The summed E-state index contributed by atoms with van der Waals surface area (Å²) in [7, 11) is 1.66. The van der Waals surface area contributed by atoms with Crippen molar-refractivity contribution in [1.29, 1.82) is 0 Å². The summed E-state index contributed by atoms with van der Waals surface area (Å²) in [6.07, 6.45) is 6.45. The van der Waals surface area contributed by atoms with Crippen LogP contribution in [-0.2, 0) is 4.79 Å². The van der Waals surface area contributed by atoms with Gasteiger partial charge in [-0.1, -0.05) is 30.5 Å². The zero-order valence-electron chi connectivity index (χ0n) is 11.0. The first-order chi connectivity index (χ1) is 8.76. The molecule has 0 radical (unpaired) electrons. The van der Waals surface area contributed by atoms with Crippen molar-refractivity contribution >= 4 is 6.08 Å². The van der Waals surface area contributed by atoms with Crippen molar-refractivity contribution in [2.45, 2.75) is 38.6 Å². The molecule has 0 bridgehead atoms. The number of aliphatic imine (C=N–C) groups is 1. The number of hydrogen-bond acceptors (Lipinski definition) is 3. The molecule has 0 aromatic heterocycles. The van der Waals surface area contributed by atoms with Gasteiger partial charge in [0.15, 0.2) is 0 Å². The molecule has 1 aliphatic carbocycles. The third-order valence-electron chi connectivity index (χ3n) is 3.74. The summed E-state index contributed by atoms with van der Waals surface area (Å²) in [5.41, 5.74) is 2.18. The summed E-state index contributed by atoms with van der Waals surface area (Å²) in [4.78, 5) is 14.7. The van der Waals surface area contributed by atoms with Crippen LogP contribution in [0, 0.1) is 12.8 Å². The van der Waals surface area contributed by atoms with Crippen molar-refractivity contribution in [3.05, 3.63) is 29.3 Å². The van der Waals surface area contributed by atoms with Gasteiger partial charge >= 0.3 is 0 Å². The number of nitrogens with zero attached hydrogens (tertiary/aromatic N) is 1. The molecule has 1 saturated carbocycles. The first-order valence-electron chi connectivity index (χ1n) is 6.47. The Morgan fingerprint density at radius 3 is 2.72 bits per heavy atom. The van der Waals surface area contributed by atoms with Crippen LogP contribution in [0.5, 0.6) is 5.75 Å². The molecule has 1 unspecified atom stereocenters. The van der Waals surface area contributed by atoms with Crippen LogP contribution in [0.15, 0.2) is 23.2 Å². The lowest BCUT2D eigenvalue weighted by Gasteiger charge is -2.21. The Hall–Kier alpha value is -1.60. The molecule has 1 fully saturated rings. The summed E-state index contributed by atoms with van der Waals surface area (Å²) in [6.45, 7) is 2.04. The van der Waals surface area contributed by atoms with E-state index in [1.165, 1.54) is 12.8 Å². The van der Waals surface area contributed by atoms with Crippen LogP contribution in [0.4, 0.5) is 0 Å². The predicted octanol–water partition coefficient (Wildman–Crippen LogP) is 3.57. The van der Waals surface area contributed by atoms with E-state index >= 15 is 0 Å². The van der Waals surface area contributed by atoms with E-state index in [1.807, 2.05) is 19.1 Å². The SMILES string of the molecule is COc1ccc(C)cc1C(N=C=O)C1CCCC1. The van der Waals surface area contributed by atoms with Crippen LogP contribution in [0.2, 0.25) is 0 Å². The Kier molecular flexibility index (Phi) is 4.16. The van der Waals surface area contributed by atoms with Gasteiger partial charge in [0.05, 0.1) is 13.2 Å². The maximum atomic E-state index is 10.7. The maximum Gasteiger partial charge on any atom is 0.235 e. The summed E-state index contributed by atoms with van der Waals surface area (Å²) < 4.78 is 5.40. The minimum atomic E-state index is -0.0974. The van der Waals surface area contributed by atoms with Gasteiger partial charge in [0.2, 0.25) is 6.08 Å². The number of benzene rings is 1. The van der Waals surface area contributed by atoms with Gasteiger partial charge in [-0.15, -0.1) is 0 Å². The van der Waals surface area contributed by atoms with Crippen LogP contribution < -0.4 is 4.74 Å². The Labute approximate surface area is 108 Å². The molecule has 0 saturated heterocycles. The Balaban J connectivity index is 2.40. The number of aryl methyl sites for hydroxylation is 1. The Morgan fingerprint density at radius 2 is 2.11 bits per heavy atom. The van der Waals surface area contributed by atoms with Crippen LogP contribution in [0.1, 0.15) is 42.9 Å². The molecule has 18 heavy (non-hydrogen) atoms. The Bertz CT molecular complexity index is 458. The van der Waals surface area contributed by atoms with Gasteiger partial charge in [-0.25, -0.2) is 4.79 Å². The van der Waals surface area contributed by atoms with E-state index < -0.39 is 0 Å². The average Bonchev–Trinajstić information content (AvgIpc) is 2.89. The number of rotatable bonds is 4. The van der Waals surface area contributed by atoms with Gasteiger partial charge < -0.3 is 4.74 Å². The van der Waals surface area contributed by atoms with E-state index in [-0.39, 0.29) is 6.04 Å². The third-order valence-corrected chi connectivity index (χ3v) is 3.74. The summed E-state index contributed by atoms with van der Waals surface area (Å²) >= 11 is 0. The molecule has 3 nitrogen and oxygen atoms in total. The number of methoxy groups -OCH3 is 1. The number of isocyanates is 1. The minimum absolute atomic E-state index is 0.0974. The number of ether oxygens (including phenoxy) is 1. The highest BCUT2D eigenvalue weighted by atomic mass is 16.5. The van der Waals surface area contributed by atoms with Crippen LogP contribution in [-0.4, -0.2) is 13.2 Å². The molecular weight excluding hydrogens is 226 g/mol. The highest BCUT2D eigenvalue weighted by Crippen LogP contribution is 2.41. The fourth-order valence-electron chi connectivity index (χ4n) is 2.84. The van der Waals surface area contributed by atoms with E-state index in [4.69, 9.17) is 4.74 Å². The first kappa shape index (κ1) is 12.8. The van der Waals surface area contributed by atoms with Crippen molar-refractivity contribution < 1.29 is 9.53 Å². The molecule has 1 aromatic rings. The second kappa shape index (κ2) is 5.83. The molecule has 1 aromatic carbocycles. The smallest absolute Gasteiger partial charge is 0.235 e. The standard InChI is InChI=1S/C15H19NO2/c1-11-7-8-14(18-2)13(9-11)15(16-10-17)12-5-3-4-6-12/h7-9,12,15H,3-6H2,1-2H3. The lowest BCUT2D eigenvalue weighted by Crippen LogP contribution is -2.09. The second-order valence-corrected chi connectivity index (χ2v) is 4.96. The molecule has 0 aliphatic heterocycles. The molecule has 96 valence electrons. The second-order valence-electron chi connectivity index (χ2n) is 4.96. The number of carbonyl (C=O) groups excluding carboxylic acids is 1. The molecule has 1 aliphatic rings. The lowest BCUT2D eigenvalue weighted by molar-refractivity contribution is 0.385. The summed E-state index contributed by atoms with van der Waals surface area (Å²) in [5, 5.41) is 0. The van der Waals surface area contributed by atoms with Crippen LogP contribution >= 0.6 is 0 Å². The topological polar surface area (TPSA) is 38.7 Å². The summed E-state index contributed by atoms with van der Waals surface area (Å²) in [5.74, 6) is 1.26.